The average molecular weight is 443 g/mol. The molecular formula is C25H34N2O3S. The third kappa shape index (κ3) is 5.95. The van der Waals surface area contributed by atoms with E-state index in [2.05, 4.69) is 36.2 Å². The van der Waals surface area contributed by atoms with Crippen molar-refractivity contribution >= 4 is 15.7 Å². The van der Waals surface area contributed by atoms with E-state index >= 15 is 0 Å². The molecule has 1 aliphatic heterocycles. The normalized spacial score (nSPS) is 20.0. The molecule has 31 heavy (non-hydrogen) atoms. The molecule has 2 unspecified atom stereocenters. The minimum absolute atomic E-state index is 0.0860. The minimum atomic E-state index is -3.53. The van der Waals surface area contributed by atoms with E-state index in [0.29, 0.717) is 6.54 Å². The first-order valence-corrected chi connectivity index (χ1v) is 12.6. The summed E-state index contributed by atoms with van der Waals surface area (Å²) in [6, 6.07) is 14.7. The van der Waals surface area contributed by atoms with Crippen LogP contribution in [0.2, 0.25) is 0 Å². The number of rotatable bonds is 7. The number of piperidine rings is 1. The van der Waals surface area contributed by atoms with Crippen molar-refractivity contribution in [1.29, 1.82) is 0 Å². The van der Waals surface area contributed by atoms with Crippen LogP contribution in [-0.4, -0.2) is 37.6 Å². The van der Waals surface area contributed by atoms with Crippen LogP contribution in [0.3, 0.4) is 0 Å². The van der Waals surface area contributed by atoms with Crippen molar-refractivity contribution in [1.82, 2.24) is 10.2 Å². The van der Waals surface area contributed by atoms with Crippen LogP contribution in [0.5, 0.6) is 0 Å². The van der Waals surface area contributed by atoms with Gasteiger partial charge in [-0.3, -0.25) is 9.69 Å². The maximum absolute atomic E-state index is 12.7. The first-order valence-electron chi connectivity index (χ1n) is 11.1. The molecule has 5 nitrogen and oxygen atoms in total. The van der Waals surface area contributed by atoms with Gasteiger partial charge in [0.25, 0.3) is 5.91 Å². The van der Waals surface area contributed by atoms with E-state index in [4.69, 9.17) is 0 Å². The zero-order valence-electron chi connectivity index (χ0n) is 19.0. The minimum Gasteiger partial charge on any atom is -0.348 e. The van der Waals surface area contributed by atoms with Crippen LogP contribution < -0.4 is 5.32 Å². The Morgan fingerprint density at radius 2 is 1.58 bits per heavy atom. The molecule has 3 rings (SSSR count). The Kier molecular flexibility index (Phi) is 7.55. The van der Waals surface area contributed by atoms with E-state index in [0.717, 1.165) is 37.0 Å². The fourth-order valence-electron chi connectivity index (χ4n) is 4.38. The number of carbonyl (C=O) groups excluding carboxylic acids is 1. The lowest BCUT2D eigenvalue weighted by molar-refractivity contribution is 0.0947. The highest BCUT2D eigenvalue weighted by atomic mass is 32.2. The van der Waals surface area contributed by atoms with Gasteiger partial charge in [-0.05, 0) is 55.4 Å². The maximum atomic E-state index is 12.7. The molecule has 1 aliphatic rings. The SMILES string of the molecule is CC1CC(C)CN(Cc2ccc(CNC(=O)c3ccccc3S(=O)(=O)C(C)C)cc2)C1. The molecule has 2 atom stereocenters. The van der Waals surface area contributed by atoms with Crippen molar-refractivity contribution in [3.63, 3.8) is 0 Å². The molecule has 2 aromatic carbocycles. The summed E-state index contributed by atoms with van der Waals surface area (Å²) >= 11 is 0. The number of benzene rings is 2. The Morgan fingerprint density at radius 1 is 1.00 bits per heavy atom. The number of nitrogens with one attached hydrogen (secondary N) is 1. The van der Waals surface area contributed by atoms with Crippen LogP contribution in [-0.2, 0) is 22.9 Å². The van der Waals surface area contributed by atoms with Crippen LogP contribution in [0.15, 0.2) is 53.4 Å². The molecule has 1 amide bonds. The first kappa shape index (κ1) is 23.5. The van der Waals surface area contributed by atoms with Gasteiger partial charge in [0, 0.05) is 26.2 Å². The van der Waals surface area contributed by atoms with Crippen LogP contribution in [0.25, 0.3) is 0 Å². The van der Waals surface area contributed by atoms with E-state index < -0.39 is 15.1 Å². The van der Waals surface area contributed by atoms with Gasteiger partial charge < -0.3 is 5.32 Å². The predicted octanol–water partition coefficient (Wildman–Crippen LogP) is 4.28. The first-order chi connectivity index (χ1) is 14.7. The summed E-state index contributed by atoms with van der Waals surface area (Å²) in [6.07, 6.45) is 1.30. The van der Waals surface area contributed by atoms with Crippen molar-refractivity contribution in [2.45, 2.75) is 57.4 Å². The van der Waals surface area contributed by atoms with E-state index in [-0.39, 0.29) is 16.4 Å². The summed E-state index contributed by atoms with van der Waals surface area (Å²) in [6.45, 7) is 11.5. The van der Waals surface area contributed by atoms with E-state index in [1.807, 2.05) is 12.1 Å². The smallest absolute Gasteiger partial charge is 0.252 e. The summed E-state index contributed by atoms with van der Waals surface area (Å²) in [7, 11) is -3.53. The monoisotopic (exact) mass is 442 g/mol. The van der Waals surface area contributed by atoms with Gasteiger partial charge in [0.2, 0.25) is 0 Å². The Hall–Kier alpha value is -2.18. The summed E-state index contributed by atoms with van der Waals surface area (Å²) in [5.41, 5.74) is 2.45. The molecule has 1 heterocycles. The highest BCUT2D eigenvalue weighted by Crippen LogP contribution is 2.23. The molecule has 1 saturated heterocycles. The molecule has 1 fully saturated rings. The van der Waals surface area contributed by atoms with Gasteiger partial charge in [0.15, 0.2) is 9.84 Å². The van der Waals surface area contributed by atoms with E-state index in [9.17, 15) is 13.2 Å². The Bertz CT molecular complexity index is 990. The van der Waals surface area contributed by atoms with E-state index in [1.165, 1.54) is 18.1 Å². The molecule has 2 aromatic rings. The lowest BCUT2D eigenvalue weighted by Gasteiger charge is -2.35. The van der Waals surface area contributed by atoms with Crippen molar-refractivity contribution in [2.24, 2.45) is 11.8 Å². The second kappa shape index (κ2) is 9.96. The Labute approximate surface area is 186 Å². The lowest BCUT2D eigenvalue weighted by Crippen LogP contribution is -2.38. The molecule has 0 aliphatic carbocycles. The third-order valence-corrected chi connectivity index (χ3v) is 8.10. The molecule has 0 aromatic heterocycles. The predicted molar refractivity (Wildman–Crippen MR) is 125 cm³/mol. The molecule has 168 valence electrons. The molecule has 0 spiro atoms. The zero-order valence-corrected chi connectivity index (χ0v) is 19.8. The number of hydrogen-bond donors (Lipinski definition) is 1. The van der Waals surface area contributed by atoms with Crippen molar-refractivity contribution in [2.75, 3.05) is 13.1 Å². The Morgan fingerprint density at radius 3 is 2.19 bits per heavy atom. The summed E-state index contributed by atoms with van der Waals surface area (Å²) < 4.78 is 25.2. The molecular weight excluding hydrogens is 408 g/mol. The van der Waals surface area contributed by atoms with Crippen LogP contribution >= 0.6 is 0 Å². The third-order valence-electron chi connectivity index (χ3n) is 5.89. The van der Waals surface area contributed by atoms with Crippen LogP contribution in [0.4, 0.5) is 0 Å². The Balaban J connectivity index is 1.62. The van der Waals surface area contributed by atoms with Gasteiger partial charge in [-0.25, -0.2) is 8.42 Å². The van der Waals surface area contributed by atoms with Crippen molar-refractivity contribution < 1.29 is 13.2 Å². The van der Waals surface area contributed by atoms with Gasteiger partial charge in [0.05, 0.1) is 15.7 Å². The standard InChI is InChI=1S/C25H34N2O3S/c1-18(2)31(29,30)24-8-6-5-7-23(24)25(28)26-14-21-9-11-22(12-10-21)17-27-15-19(3)13-20(4)16-27/h5-12,18-20H,13-17H2,1-4H3,(H,26,28). The highest BCUT2D eigenvalue weighted by Gasteiger charge is 2.25. The average Bonchev–Trinajstić information content (AvgIpc) is 2.72. The van der Waals surface area contributed by atoms with Crippen LogP contribution in [0, 0.1) is 11.8 Å². The van der Waals surface area contributed by atoms with Gasteiger partial charge in [-0.15, -0.1) is 0 Å². The summed E-state index contributed by atoms with van der Waals surface area (Å²) in [5, 5.41) is 2.28. The maximum Gasteiger partial charge on any atom is 0.252 e. The number of hydrogen-bond acceptors (Lipinski definition) is 4. The van der Waals surface area contributed by atoms with Gasteiger partial charge >= 0.3 is 0 Å². The fraction of sp³-hybridized carbons (Fsp3) is 0.480. The largest absolute Gasteiger partial charge is 0.348 e. The quantitative estimate of drug-likeness (QED) is 0.695. The number of amides is 1. The molecule has 0 bridgehead atoms. The highest BCUT2D eigenvalue weighted by molar-refractivity contribution is 7.92. The second-order valence-electron chi connectivity index (χ2n) is 9.23. The summed E-state index contributed by atoms with van der Waals surface area (Å²) in [5.74, 6) is 1.10. The zero-order chi connectivity index (χ0) is 22.6. The lowest BCUT2D eigenvalue weighted by atomic mass is 9.91. The van der Waals surface area contributed by atoms with Gasteiger partial charge in [-0.2, -0.15) is 0 Å². The fourth-order valence-corrected chi connectivity index (χ4v) is 5.62. The van der Waals surface area contributed by atoms with Crippen molar-refractivity contribution in [3.8, 4) is 0 Å². The molecule has 0 radical (unpaired) electrons. The number of sulfone groups is 1. The second-order valence-corrected chi connectivity index (χ2v) is 11.7. The molecule has 0 saturated carbocycles. The number of nitrogens with zero attached hydrogens (tertiary/aromatic N) is 1. The molecule has 1 N–H and O–H groups in total. The van der Waals surface area contributed by atoms with E-state index in [1.54, 1.807) is 32.0 Å². The molecule has 6 heteroatoms. The van der Waals surface area contributed by atoms with Gasteiger partial charge in [-0.1, -0.05) is 50.2 Å². The topological polar surface area (TPSA) is 66.5 Å². The number of likely N-dealkylation sites (tertiary alicyclic amines) is 1. The number of carbonyl (C=O) groups is 1. The summed E-state index contributed by atoms with van der Waals surface area (Å²) in [4.78, 5) is 15.3. The van der Waals surface area contributed by atoms with Gasteiger partial charge in [0.1, 0.15) is 0 Å². The van der Waals surface area contributed by atoms with Crippen LogP contribution in [0.1, 0.15) is 55.6 Å². The van der Waals surface area contributed by atoms with Crippen molar-refractivity contribution in [3.05, 3.63) is 65.2 Å².